The van der Waals surface area contributed by atoms with Crippen LogP contribution in [0, 0.1) is 6.92 Å². The first-order chi connectivity index (χ1) is 6.68. The SMILES string of the molecule is Cc1nc(C(=O)O)nc2c1CCSC2. The minimum Gasteiger partial charge on any atom is -0.475 e. The Kier molecular flexibility index (Phi) is 2.41. The van der Waals surface area contributed by atoms with Crippen molar-refractivity contribution < 1.29 is 9.90 Å². The van der Waals surface area contributed by atoms with Crippen molar-refractivity contribution in [1.29, 1.82) is 0 Å². The number of aryl methyl sites for hydroxylation is 1. The lowest BCUT2D eigenvalue weighted by molar-refractivity contribution is 0.0682. The van der Waals surface area contributed by atoms with Crippen molar-refractivity contribution in [2.24, 2.45) is 0 Å². The van der Waals surface area contributed by atoms with Gasteiger partial charge < -0.3 is 5.11 Å². The molecule has 0 unspecified atom stereocenters. The van der Waals surface area contributed by atoms with Crippen molar-refractivity contribution >= 4 is 17.7 Å². The molecule has 0 aliphatic carbocycles. The molecule has 0 fully saturated rings. The Balaban J connectivity index is 2.51. The summed E-state index contributed by atoms with van der Waals surface area (Å²) in [5, 5.41) is 8.78. The highest BCUT2D eigenvalue weighted by molar-refractivity contribution is 7.98. The third-order valence-electron chi connectivity index (χ3n) is 2.23. The van der Waals surface area contributed by atoms with Crippen LogP contribution in [-0.2, 0) is 12.2 Å². The van der Waals surface area contributed by atoms with Gasteiger partial charge in [0.2, 0.25) is 5.82 Å². The summed E-state index contributed by atoms with van der Waals surface area (Å²) in [6.07, 6.45) is 0.950. The molecule has 14 heavy (non-hydrogen) atoms. The van der Waals surface area contributed by atoms with Gasteiger partial charge >= 0.3 is 5.97 Å². The van der Waals surface area contributed by atoms with Crippen LogP contribution in [0.1, 0.15) is 27.6 Å². The first-order valence-corrected chi connectivity index (χ1v) is 5.51. The van der Waals surface area contributed by atoms with E-state index >= 15 is 0 Å². The number of carboxylic acid groups (broad SMARTS) is 1. The van der Waals surface area contributed by atoms with Crippen molar-refractivity contribution in [1.82, 2.24) is 9.97 Å². The van der Waals surface area contributed by atoms with E-state index in [1.165, 1.54) is 0 Å². The van der Waals surface area contributed by atoms with Crippen molar-refractivity contribution in [2.45, 2.75) is 19.1 Å². The minimum absolute atomic E-state index is 0.0799. The van der Waals surface area contributed by atoms with E-state index in [2.05, 4.69) is 9.97 Å². The number of hydrogen-bond acceptors (Lipinski definition) is 4. The molecule has 0 spiro atoms. The molecule has 1 aromatic rings. The number of hydrogen-bond donors (Lipinski definition) is 1. The lowest BCUT2D eigenvalue weighted by Crippen LogP contribution is -2.14. The maximum Gasteiger partial charge on any atom is 0.373 e. The summed E-state index contributed by atoms with van der Waals surface area (Å²) >= 11 is 1.78. The van der Waals surface area contributed by atoms with Gasteiger partial charge in [-0.1, -0.05) is 0 Å². The van der Waals surface area contributed by atoms with E-state index in [0.29, 0.717) is 0 Å². The standard InChI is InChI=1S/C9H10N2O2S/c1-5-6-2-3-14-4-7(6)11-8(10-5)9(12)13/h2-4H2,1H3,(H,12,13). The predicted molar refractivity (Wildman–Crippen MR) is 53.6 cm³/mol. The summed E-state index contributed by atoms with van der Waals surface area (Å²) in [6.45, 7) is 1.85. The average molecular weight is 210 g/mol. The number of nitrogens with zero attached hydrogens (tertiary/aromatic N) is 2. The Morgan fingerprint density at radius 3 is 3.00 bits per heavy atom. The van der Waals surface area contributed by atoms with Gasteiger partial charge in [0, 0.05) is 11.4 Å². The van der Waals surface area contributed by atoms with Gasteiger partial charge in [-0.25, -0.2) is 14.8 Å². The molecule has 2 heterocycles. The fourth-order valence-corrected chi connectivity index (χ4v) is 2.46. The number of fused-ring (bicyclic) bond motifs is 1. The number of carboxylic acids is 1. The number of carbonyl (C=O) groups is 1. The summed E-state index contributed by atoms with van der Waals surface area (Å²) in [5.41, 5.74) is 2.84. The van der Waals surface area contributed by atoms with Gasteiger partial charge in [-0.2, -0.15) is 11.8 Å². The maximum atomic E-state index is 10.7. The lowest BCUT2D eigenvalue weighted by atomic mass is 10.1. The van der Waals surface area contributed by atoms with Crippen molar-refractivity contribution in [2.75, 3.05) is 5.75 Å². The molecule has 74 valence electrons. The molecule has 0 radical (unpaired) electrons. The van der Waals surface area contributed by atoms with E-state index in [-0.39, 0.29) is 5.82 Å². The average Bonchev–Trinajstić information content (AvgIpc) is 2.17. The van der Waals surface area contributed by atoms with Crippen LogP contribution in [0.2, 0.25) is 0 Å². The van der Waals surface area contributed by atoms with E-state index in [1.807, 2.05) is 6.92 Å². The van der Waals surface area contributed by atoms with Gasteiger partial charge in [0.1, 0.15) is 0 Å². The zero-order chi connectivity index (χ0) is 10.1. The molecule has 0 amide bonds. The van der Waals surface area contributed by atoms with Crippen molar-refractivity contribution in [3.05, 3.63) is 22.8 Å². The fraction of sp³-hybridized carbons (Fsp3) is 0.444. The summed E-state index contributed by atoms with van der Waals surface area (Å²) in [4.78, 5) is 18.7. The monoisotopic (exact) mass is 210 g/mol. The van der Waals surface area contributed by atoms with Crippen LogP contribution in [0.5, 0.6) is 0 Å². The molecular formula is C9H10N2O2S. The highest BCUT2D eigenvalue weighted by Gasteiger charge is 2.18. The van der Waals surface area contributed by atoms with Gasteiger partial charge in [0.15, 0.2) is 0 Å². The first kappa shape index (κ1) is 9.45. The summed E-state index contributed by atoms with van der Waals surface area (Å²) < 4.78 is 0. The highest BCUT2D eigenvalue weighted by atomic mass is 32.2. The van der Waals surface area contributed by atoms with Gasteiger partial charge in [-0.3, -0.25) is 0 Å². The number of aromatic carboxylic acids is 1. The van der Waals surface area contributed by atoms with E-state index in [9.17, 15) is 4.79 Å². The number of rotatable bonds is 1. The molecular weight excluding hydrogens is 200 g/mol. The van der Waals surface area contributed by atoms with Crippen LogP contribution in [0.15, 0.2) is 0 Å². The van der Waals surface area contributed by atoms with Crippen LogP contribution >= 0.6 is 11.8 Å². The molecule has 0 saturated carbocycles. The zero-order valence-corrected chi connectivity index (χ0v) is 8.60. The van der Waals surface area contributed by atoms with Crippen molar-refractivity contribution in [3.8, 4) is 0 Å². The predicted octanol–water partition coefficient (Wildman–Crippen LogP) is 1.27. The quantitative estimate of drug-likeness (QED) is 0.756. The zero-order valence-electron chi connectivity index (χ0n) is 7.78. The minimum atomic E-state index is -1.05. The molecule has 4 nitrogen and oxygen atoms in total. The van der Waals surface area contributed by atoms with Gasteiger partial charge in [0.05, 0.1) is 5.69 Å². The lowest BCUT2D eigenvalue weighted by Gasteiger charge is -2.16. The Labute approximate surface area is 85.8 Å². The van der Waals surface area contributed by atoms with Crippen LogP contribution in [0.3, 0.4) is 0 Å². The molecule has 1 aliphatic rings. The molecule has 2 rings (SSSR count). The Bertz CT molecular complexity index is 393. The second kappa shape index (κ2) is 3.57. The Hall–Kier alpha value is -1.10. The van der Waals surface area contributed by atoms with Gasteiger partial charge in [-0.05, 0) is 24.7 Å². The Morgan fingerprint density at radius 1 is 1.50 bits per heavy atom. The van der Waals surface area contributed by atoms with Gasteiger partial charge in [-0.15, -0.1) is 0 Å². The van der Waals surface area contributed by atoms with E-state index < -0.39 is 5.97 Å². The van der Waals surface area contributed by atoms with E-state index in [4.69, 9.17) is 5.11 Å². The highest BCUT2D eigenvalue weighted by Crippen LogP contribution is 2.24. The van der Waals surface area contributed by atoms with Crippen LogP contribution in [0.25, 0.3) is 0 Å². The molecule has 1 N–H and O–H groups in total. The molecule has 1 aromatic heterocycles. The normalized spacial score (nSPS) is 14.9. The third kappa shape index (κ3) is 1.59. The second-order valence-corrected chi connectivity index (χ2v) is 4.27. The van der Waals surface area contributed by atoms with Crippen LogP contribution < -0.4 is 0 Å². The first-order valence-electron chi connectivity index (χ1n) is 4.36. The third-order valence-corrected chi connectivity index (χ3v) is 3.20. The largest absolute Gasteiger partial charge is 0.475 e. The second-order valence-electron chi connectivity index (χ2n) is 3.17. The van der Waals surface area contributed by atoms with Crippen LogP contribution in [0.4, 0.5) is 0 Å². The van der Waals surface area contributed by atoms with E-state index in [0.717, 1.165) is 34.9 Å². The number of thioether (sulfide) groups is 1. The molecule has 0 atom stereocenters. The molecule has 0 bridgehead atoms. The van der Waals surface area contributed by atoms with Crippen molar-refractivity contribution in [3.63, 3.8) is 0 Å². The molecule has 5 heteroatoms. The summed E-state index contributed by atoms with van der Waals surface area (Å²) in [5.74, 6) is 0.748. The summed E-state index contributed by atoms with van der Waals surface area (Å²) in [7, 11) is 0. The smallest absolute Gasteiger partial charge is 0.373 e. The molecule has 0 aromatic carbocycles. The summed E-state index contributed by atoms with van der Waals surface area (Å²) in [6, 6.07) is 0. The van der Waals surface area contributed by atoms with Gasteiger partial charge in [0.25, 0.3) is 0 Å². The number of aromatic nitrogens is 2. The Morgan fingerprint density at radius 2 is 2.29 bits per heavy atom. The maximum absolute atomic E-state index is 10.7. The fourth-order valence-electron chi connectivity index (χ4n) is 1.54. The molecule has 1 aliphatic heterocycles. The van der Waals surface area contributed by atoms with Crippen LogP contribution in [-0.4, -0.2) is 26.8 Å². The topological polar surface area (TPSA) is 63.1 Å². The molecule has 0 saturated heterocycles. The van der Waals surface area contributed by atoms with E-state index in [1.54, 1.807) is 11.8 Å².